The van der Waals surface area contributed by atoms with Gasteiger partial charge in [-0.05, 0) is 41.5 Å². The van der Waals surface area contributed by atoms with Crippen molar-refractivity contribution < 1.29 is 9.59 Å². The van der Waals surface area contributed by atoms with E-state index in [1.54, 1.807) is 6.07 Å². The first kappa shape index (κ1) is 19.4. The maximum atomic E-state index is 12.9. The Kier molecular flexibility index (Phi) is 5.29. The van der Waals surface area contributed by atoms with Gasteiger partial charge in [-0.3, -0.25) is 9.59 Å². The normalized spacial score (nSPS) is 15.1. The van der Waals surface area contributed by atoms with Crippen LogP contribution >= 0.6 is 11.6 Å². The molecule has 0 unspecified atom stereocenters. The smallest absolute Gasteiger partial charge is 0.240 e. The average Bonchev–Trinajstić information content (AvgIpc) is 3.42. The van der Waals surface area contributed by atoms with Crippen LogP contribution < -0.4 is 10.6 Å². The Hall–Kier alpha value is -2.33. The number of para-hydroxylation sites is 1. The second kappa shape index (κ2) is 7.35. The SMILES string of the molecule is CC(C)(C)c1ccccc1NC(=O)C1(C(=O)NCc2ccccc2Cl)CC1. The maximum absolute atomic E-state index is 12.9. The first-order valence-electron chi connectivity index (χ1n) is 9.17. The fourth-order valence-corrected chi connectivity index (χ4v) is 3.36. The zero-order chi connectivity index (χ0) is 19.7. The topological polar surface area (TPSA) is 58.2 Å². The van der Waals surface area contributed by atoms with Crippen molar-refractivity contribution in [3.8, 4) is 0 Å². The monoisotopic (exact) mass is 384 g/mol. The highest BCUT2D eigenvalue weighted by Crippen LogP contribution is 2.47. The molecule has 2 aromatic carbocycles. The highest BCUT2D eigenvalue weighted by Gasteiger charge is 2.56. The molecule has 27 heavy (non-hydrogen) atoms. The first-order valence-corrected chi connectivity index (χ1v) is 9.54. The molecule has 1 aliphatic rings. The minimum Gasteiger partial charge on any atom is -0.351 e. The Morgan fingerprint density at radius 1 is 1.00 bits per heavy atom. The lowest BCUT2D eigenvalue weighted by Crippen LogP contribution is -2.40. The number of hydrogen-bond acceptors (Lipinski definition) is 2. The summed E-state index contributed by atoms with van der Waals surface area (Å²) >= 11 is 6.14. The minimum atomic E-state index is -0.980. The first-order chi connectivity index (χ1) is 12.7. The summed E-state index contributed by atoms with van der Waals surface area (Å²) in [6, 6.07) is 15.1. The Morgan fingerprint density at radius 2 is 1.63 bits per heavy atom. The van der Waals surface area contributed by atoms with Crippen LogP contribution in [-0.2, 0) is 21.5 Å². The number of hydrogen-bond donors (Lipinski definition) is 2. The van der Waals surface area contributed by atoms with Crippen molar-refractivity contribution >= 4 is 29.1 Å². The third kappa shape index (κ3) is 4.16. The number of nitrogens with one attached hydrogen (secondary N) is 2. The lowest BCUT2D eigenvalue weighted by Gasteiger charge is -2.24. The number of carbonyl (C=O) groups is 2. The lowest BCUT2D eigenvalue weighted by atomic mass is 9.85. The molecule has 3 rings (SSSR count). The van der Waals surface area contributed by atoms with Crippen molar-refractivity contribution in [1.29, 1.82) is 0 Å². The van der Waals surface area contributed by atoms with E-state index >= 15 is 0 Å². The van der Waals surface area contributed by atoms with E-state index in [1.165, 1.54) is 0 Å². The van der Waals surface area contributed by atoms with Gasteiger partial charge in [0, 0.05) is 17.3 Å². The number of amides is 2. The molecule has 0 aromatic heterocycles. The molecule has 0 aliphatic heterocycles. The van der Waals surface area contributed by atoms with Crippen LogP contribution in [-0.4, -0.2) is 11.8 Å². The van der Waals surface area contributed by atoms with Gasteiger partial charge in [0.2, 0.25) is 11.8 Å². The van der Waals surface area contributed by atoms with E-state index in [-0.39, 0.29) is 17.2 Å². The predicted molar refractivity (Wildman–Crippen MR) is 109 cm³/mol. The fourth-order valence-electron chi connectivity index (χ4n) is 3.16. The Morgan fingerprint density at radius 3 is 2.26 bits per heavy atom. The van der Waals surface area contributed by atoms with Crippen LogP contribution in [0.3, 0.4) is 0 Å². The van der Waals surface area contributed by atoms with Crippen molar-refractivity contribution in [3.05, 3.63) is 64.7 Å². The van der Waals surface area contributed by atoms with Crippen molar-refractivity contribution in [1.82, 2.24) is 5.32 Å². The van der Waals surface area contributed by atoms with Crippen LogP contribution in [0.1, 0.15) is 44.7 Å². The van der Waals surface area contributed by atoms with E-state index < -0.39 is 5.41 Å². The molecule has 0 bridgehead atoms. The van der Waals surface area contributed by atoms with Gasteiger partial charge in [-0.1, -0.05) is 68.8 Å². The highest BCUT2D eigenvalue weighted by molar-refractivity contribution is 6.31. The van der Waals surface area contributed by atoms with Crippen LogP contribution in [0.15, 0.2) is 48.5 Å². The standard InChI is InChI=1S/C22H25ClN2O2/c1-21(2,3)16-9-5-7-11-18(16)25-20(27)22(12-13-22)19(26)24-14-15-8-4-6-10-17(15)23/h4-11H,12-14H2,1-3H3,(H,24,26)(H,25,27). The van der Waals surface area contributed by atoms with Gasteiger partial charge in [-0.2, -0.15) is 0 Å². The summed E-state index contributed by atoms with van der Waals surface area (Å²) in [7, 11) is 0. The largest absolute Gasteiger partial charge is 0.351 e. The van der Waals surface area contributed by atoms with Crippen molar-refractivity contribution in [2.24, 2.45) is 5.41 Å². The lowest BCUT2D eigenvalue weighted by molar-refractivity contribution is -0.134. The molecule has 2 aromatic rings. The number of benzene rings is 2. The predicted octanol–water partition coefficient (Wildman–Crippen LogP) is 4.67. The zero-order valence-electron chi connectivity index (χ0n) is 15.9. The van der Waals surface area contributed by atoms with E-state index in [1.807, 2.05) is 42.5 Å². The molecule has 2 amide bonds. The van der Waals surface area contributed by atoms with E-state index in [0.29, 0.717) is 24.4 Å². The summed E-state index contributed by atoms with van der Waals surface area (Å²) in [6.45, 7) is 6.61. The molecular weight excluding hydrogens is 360 g/mol. The summed E-state index contributed by atoms with van der Waals surface area (Å²) in [5, 5.41) is 6.46. The molecule has 0 atom stereocenters. The molecule has 0 saturated heterocycles. The quantitative estimate of drug-likeness (QED) is 0.736. The molecule has 0 heterocycles. The highest BCUT2D eigenvalue weighted by atomic mass is 35.5. The number of rotatable bonds is 5. The van der Waals surface area contributed by atoms with E-state index in [0.717, 1.165) is 16.8 Å². The molecule has 1 aliphatic carbocycles. The van der Waals surface area contributed by atoms with Gasteiger partial charge in [0.1, 0.15) is 5.41 Å². The van der Waals surface area contributed by atoms with Crippen LogP contribution in [0.4, 0.5) is 5.69 Å². The van der Waals surface area contributed by atoms with E-state index in [4.69, 9.17) is 11.6 Å². The van der Waals surface area contributed by atoms with Gasteiger partial charge in [-0.25, -0.2) is 0 Å². The molecule has 0 radical (unpaired) electrons. The van der Waals surface area contributed by atoms with Crippen LogP contribution in [0.5, 0.6) is 0 Å². The third-order valence-corrected chi connectivity index (χ3v) is 5.37. The average molecular weight is 385 g/mol. The summed E-state index contributed by atoms with van der Waals surface area (Å²) in [4.78, 5) is 25.6. The number of carbonyl (C=O) groups excluding carboxylic acids is 2. The maximum Gasteiger partial charge on any atom is 0.240 e. The molecule has 5 heteroatoms. The van der Waals surface area contributed by atoms with Gasteiger partial charge < -0.3 is 10.6 Å². The van der Waals surface area contributed by atoms with Gasteiger partial charge in [0.15, 0.2) is 0 Å². The van der Waals surface area contributed by atoms with E-state index in [2.05, 4.69) is 31.4 Å². The number of anilines is 1. The van der Waals surface area contributed by atoms with Crippen LogP contribution in [0, 0.1) is 5.41 Å². The minimum absolute atomic E-state index is 0.104. The van der Waals surface area contributed by atoms with Gasteiger partial charge in [0.25, 0.3) is 0 Å². The molecule has 0 spiro atoms. The third-order valence-electron chi connectivity index (χ3n) is 5.00. The molecule has 142 valence electrons. The summed E-state index contributed by atoms with van der Waals surface area (Å²) < 4.78 is 0. The second-order valence-electron chi connectivity index (χ2n) is 8.11. The summed E-state index contributed by atoms with van der Waals surface area (Å²) in [5.74, 6) is -0.482. The summed E-state index contributed by atoms with van der Waals surface area (Å²) in [6.07, 6.45) is 1.12. The fraction of sp³-hybridized carbons (Fsp3) is 0.364. The number of halogens is 1. The zero-order valence-corrected chi connectivity index (χ0v) is 16.7. The molecular formula is C22H25ClN2O2. The van der Waals surface area contributed by atoms with Crippen molar-refractivity contribution in [2.45, 2.75) is 45.6 Å². The van der Waals surface area contributed by atoms with E-state index in [9.17, 15) is 9.59 Å². The summed E-state index contributed by atoms with van der Waals surface area (Å²) in [5.41, 5.74) is 1.56. The Balaban J connectivity index is 1.70. The molecule has 1 saturated carbocycles. The molecule has 1 fully saturated rings. The van der Waals surface area contributed by atoms with Crippen molar-refractivity contribution in [3.63, 3.8) is 0 Å². The van der Waals surface area contributed by atoms with Gasteiger partial charge in [0.05, 0.1) is 0 Å². The van der Waals surface area contributed by atoms with Crippen molar-refractivity contribution in [2.75, 3.05) is 5.32 Å². The molecule has 4 nitrogen and oxygen atoms in total. The Labute approximate surface area is 165 Å². The van der Waals surface area contributed by atoms with Crippen LogP contribution in [0.25, 0.3) is 0 Å². The van der Waals surface area contributed by atoms with Gasteiger partial charge >= 0.3 is 0 Å². The van der Waals surface area contributed by atoms with Gasteiger partial charge in [-0.15, -0.1) is 0 Å². The second-order valence-corrected chi connectivity index (χ2v) is 8.51. The van der Waals surface area contributed by atoms with Crippen LogP contribution in [0.2, 0.25) is 5.02 Å². The molecule has 2 N–H and O–H groups in total. The Bertz CT molecular complexity index is 867.